The van der Waals surface area contributed by atoms with Crippen molar-refractivity contribution in [2.24, 2.45) is 0 Å². The number of hydrogen-bond donors (Lipinski definition) is 1. The lowest BCUT2D eigenvalue weighted by Gasteiger charge is -2.13. The highest BCUT2D eigenvalue weighted by molar-refractivity contribution is 6.99. The second-order valence-corrected chi connectivity index (χ2v) is 3.44. The van der Waals surface area contributed by atoms with Gasteiger partial charge in [-0.3, -0.25) is 0 Å². The summed E-state index contributed by atoms with van der Waals surface area (Å²) >= 11 is 1.17. The highest BCUT2D eigenvalue weighted by Gasteiger charge is 2.14. The van der Waals surface area contributed by atoms with Gasteiger partial charge in [-0.15, -0.1) is 0 Å². The summed E-state index contributed by atoms with van der Waals surface area (Å²) in [6, 6.07) is 0. The maximum absolute atomic E-state index is 9.33. The molecule has 56 valence electrons. The molecule has 10 heavy (non-hydrogen) atoms. The van der Waals surface area contributed by atoms with Crippen LogP contribution in [0.2, 0.25) is 0 Å². The van der Waals surface area contributed by atoms with E-state index < -0.39 is 5.60 Å². The van der Waals surface area contributed by atoms with E-state index in [0.717, 1.165) is 5.69 Å². The van der Waals surface area contributed by atoms with Crippen LogP contribution in [0.3, 0.4) is 0 Å². The summed E-state index contributed by atoms with van der Waals surface area (Å²) in [7, 11) is 0. The molecule has 4 heteroatoms. The number of hydrogen-bond acceptors (Lipinski definition) is 4. The van der Waals surface area contributed by atoms with Crippen LogP contribution in [0.4, 0.5) is 0 Å². The van der Waals surface area contributed by atoms with Gasteiger partial charge in [-0.25, -0.2) is 0 Å². The molecule has 1 heterocycles. The molecule has 0 aliphatic rings. The van der Waals surface area contributed by atoms with Gasteiger partial charge >= 0.3 is 0 Å². The molecular formula is C6H10N2OS. The Morgan fingerprint density at radius 1 is 1.70 bits per heavy atom. The fourth-order valence-electron chi connectivity index (χ4n) is 0.705. The molecule has 0 radical (unpaired) electrons. The van der Waals surface area contributed by atoms with Crippen LogP contribution in [0.15, 0.2) is 6.20 Å². The number of aromatic nitrogens is 2. The zero-order chi connectivity index (χ0) is 7.61. The first-order valence-electron chi connectivity index (χ1n) is 3.07. The lowest BCUT2D eigenvalue weighted by molar-refractivity contribution is 0.0801. The van der Waals surface area contributed by atoms with Crippen LogP contribution in [-0.4, -0.2) is 19.5 Å². The Bertz CT molecular complexity index is 190. The van der Waals surface area contributed by atoms with Gasteiger partial charge < -0.3 is 5.11 Å². The quantitative estimate of drug-likeness (QED) is 0.694. The first kappa shape index (κ1) is 7.63. The first-order chi connectivity index (χ1) is 4.58. The Hall–Kier alpha value is -0.480. The summed E-state index contributed by atoms with van der Waals surface area (Å²) in [5.41, 5.74) is 0.188. The molecule has 0 saturated heterocycles. The molecule has 0 atom stereocenters. The van der Waals surface area contributed by atoms with Crippen LogP contribution in [0.5, 0.6) is 0 Å². The molecule has 0 aromatic carbocycles. The maximum Gasteiger partial charge on any atom is 0.0771 e. The number of aliphatic hydroxyl groups is 1. The van der Waals surface area contributed by atoms with Gasteiger partial charge in [0.1, 0.15) is 0 Å². The normalized spacial score (nSPS) is 11.9. The summed E-state index contributed by atoms with van der Waals surface area (Å²) in [5, 5.41) is 9.33. The molecule has 0 aliphatic heterocycles. The third-order valence-electron chi connectivity index (χ3n) is 1.02. The van der Waals surface area contributed by atoms with Crippen LogP contribution in [0, 0.1) is 0 Å². The van der Waals surface area contributed by atoms with Crippen molar-refractivity contribution in [2.45, 2.75) is 25.9 Å². The van der Waals surface area contributed by atoms with E-state index in [2.05, 4.69) is 8.75 Å². The van der Waals surface area contributed by atoms with Crippen LogP contribution < -0.4 is 0 Å². The number of rotatable bonds is 2. The van der Waals surface area contributed by atoms with Gasteiger partial charge in [0, 0.05) is 6.42 Å². The lowest BCUT2D eigenvalue weighted by Crippen LogP contribution is -2.21. The average molecular weight is 158 g/mol. The monoisotopic (exact) mass is 158 g/mol. The van der Waals surface area contributed by atoms with Crippen molar-refractivity contribution in [1.29, 1.82) is 0 Å². The molecule has 1 N–H and O–H groups in total. The topological polar surface area (TPSA) is 46.0 Å². The van der Waals surface area contributed by atoms with E-state index in [0.29, 0.717) is 6.42 Å². The molecule has 0 fully saturated rings. The minimum Gasteiger partial charge on any atom is -0.390 e. The highest BCUT2D eigenvalue weighted by atomic mass is 32.1. The van der Waals surface area contributed by atoms with Crippen LogP contribution in [-0.2, 0) is 6.42 Å². The minimum atomic E-state index is -0.671. The Labute approximate surface area is 64.0 Å². The van der Waals surface area contributed by atoms with Crippen LogP contribution >= 0.6 is 11.7 Å². The van der Waals surface area contributed by atoms with Gasteiger partial charge in [-0.2, -0.15) is 8.75 Å². The third kappa shape index (κ3) is 2.41. The summed E-state index contributed by atoms with van der Waals surface area (Å²) < 4.78 is 7.80. The zero-order valence-corrected chi connectivity index (χ0v) is 6.85. The van der Waals surface area contributed by atoms with Crippen molar-refractivity contribution in [3.05, 3.63) is 11.9 Å². The van der Waals surface area contributed by atoms with Crippen molar-refractivity contribution in [3.8, 4) is 0 Å². The molecule has 0 aliphatic carbocycles. The van der Waals surface area contributed by atoms with Crippen LogP contribution in [0.25, 0.3) is 0 Å². The molecule has 1 aromatic heterocycles. The van der Waals surface area contributed by atoms with Crippen molar-refractivity contribution >= 4 is 11.7 Å². The second kappa shape index (κ2) is 2.64. The predicted octanol–water partition coefficient (Wildman–Crippen LogP) is 0.851. The van der Waals surface area contributed by atoms with Gasteiger partial charge in [-0.05, 0) is 13.8 Å². The summed E-state index contributed by atoms with van der Waals surface area (Å²) in [6.45, 7) is 3.51. The lowest BCUT2D eigenvalue weighted by atomic mass is 10.0. The molecule has 1 aromatic rings. The third-order valence-corrected chi connectivity index (χ3v) is 1.54. The van der Waals surface area contributed by atoms with Gasteiger partial charge in [-0.1, -0.05) is 0 Å². The predicted molar refractivity (Wildman–Crippen MR) is 39.9 cm³/mol. The molecule has 0 bridgehead atoms. The Morgan fingerprint density at radius 2 is 2.40 bits per heavy atom. The van der Waals surface area contributed by atoms with Gasteiger partial charge in [0.25, 0.3) is 0 Å². The Balaban J connectivity index is 2.57. The molecule has 0 amide bonds. The average Bonchev–Trinajstić information content (AvgIpc) is 2.12. The van der Waals surface area contributed by atoms with E-state index in [4.69, 9.17) is 0 Å². The minimum absolute atomic E-state index is 0.573. The van der Waals surface area contributed by atoms with Crippen molar-refractivity contribution in [3.63, 3.8) is 0 Å². The highest BCUT2D eigenvalue weighted by Crippen LogP contribution is 2.09. The Kier molecular flexibility index (Phi) is 2.01. The Morgan fingerprint density at radius 3 is 2.80 bits per heavy atom. The van der Waals surface area contributed by atoms with Crippen LogP contribution in [0.1, 0.15) is 19.5 Å². The van der Waals surface area contributed by atoms with Crippen molar-refractivity contribution in [1.82, 2.24) is 8.75 Å². The SMILES string of the molecule is CC(C)(O)Cc1cnsn1. The molecule has 0 unspecified atom stereocenters. The largest absolute Gasteiger partial charge is 0.390 e. The van der Waals surface area contributed by atoms with E-state index in [1.807, 2.05) is 0 Å². The van der Waals surface area contributed by atoms with Crippen molar-refractivity contribution < 1.29 is 5.11 Å². The van der Waals surface area contributed by atoms with Gasteiger partial charge in [0.2, 0.25) is 0 Å². The van der Waals surface area contributed by atoms with E-state index in [1.54, 1.807) is 20.0 Å². The van der Waals surface area contributed by atoms with E-state index in [-0.39, 0.29) is 0 Å². The van der Waals surface area contributed by atoms with Crippen molar-refractivity contribution in [2.75, 3.05) is 0 Å². The smallest absolute Gasteiger partial charge is 0.0771 e. The molecule has 0 spiro atoms. The number of nitrogens with zero attached hydrogens (tertiary/aromatic N) is 2. The molecule has 0 saturated carbocycles. The fourth-order valence-corrected chi connectivity index (χ4v) is 1.14. The molecular weight excluding hydrogens is 148 g/mol. The second-order valence-electron chi connectivity index (χ2n) is 2.89. The zero-order valence-electron chi connectivity index (χ0n) is 6.03. The first-order valence-corrected chi connectivity index (χ1v) is 3.80. The van der Waals surface area contributed by atoms with Gasteiger partial charge in [0.05, 0.1) is 29.2 Å². The standard InChI is InChI=1S/C6H10N2OS/c1-6(2,9)3-5-4-7-10-8-5/h4,9H,3H2,1-2H3. The van der Waals surface area contributed by atoms with E-state index in [1.165, 1.54) is 11.7 Å². The fraction of sp³-hybridized carbons (Fsp3) is 0.667. The summed E-state index contributed by atoms with van der Waals surface area (Å²) in [6.07, 6.45) is 2.26. The maximum atomic E-state index is 9.33. The molecule has 3 nitrogen and oxygen atoms in total. The van der Waals surface area contributed by atoms with E-state index >= 15 is 0 Å². The summed E-state index contributed by atoms with van der Waals surface area (Å²) in [4.78, 5) is 0. The summed E-state index contributed by atoms with van der Waals surface area (Å²) in [5.74, 6) is 0. The molecule has 1 rings (SSSR count). The van der Waals surface area contributed by atoms with E-state index in [9.17, 15) is 5.11 Å². The van der Waals surface area contributed by atoms with Gasteiger partial charge in [0.15, 0.2) is 0 Å².